The van der Waals surface area contributed by atoms with Crippen molar-refractivity contribution in [3.63, 3.8) is 0 Å². The van der Waals surface area contributed by atoms with E-state index in [1.807, 2.05) is 6.92 Å². The van der Waals surface area contributed by atoms with Crippen LogP contribution in [0.3, 0.4) is 0 Å². The Morgan fingerprint density at radius 2 is 2.00 bits per heavy atom. The average Bonchev–Trinajstić information content (AvgIpc) is 2.71. The van der Waals surface area contributed by atoms with Crippen LogP contribution in [0.5, 0.6) is 5.75 Å². The van der Waals surface area contributed by atoms with Crippen LogP contribution in [0.4, 0.5) is 0 Å². The van der Waals surface area contributed by atoms with Crippen LogP contribution in [0.15, 0.2) is 24.3 Å². The van der Waals surface area contributed by atoms with Crippen molar-refractivity contribution in [3.8, 4) is 5.75 Å². The van der Waals surface area contributed by atoms with E-state index in [0.29, 0.717) is 12.0 Å². The van der Waals surface area contributed by atoms with Crippen molar-refractivity contribution in [2.45, 2.75) is 64.8 Å². The van der Waals surface area contributed by atoms with Gasteiger partial charge in [0.25, 0.3) is 0 Å². The number of hydrogen-bond acceptors (Lipinski definition) is 2. The minimum Gasteiger partial charge on any atom is -0.494 e. The summed E-state index contributed by atoms with van der Waals surface area (Å²) in [4.78, 5) is 0. The lowest BCUT2D eigenvalue weighted by molar-refractivity contribution is 0.336. The van der Waals surface area contributed by atoms with E-state index in [0.717, 1.165) is 24.8 Å². The first kappa shape index (κ1) is 16.4. The molecule has 1 fully saturated rings. The van der Waals surface area contributed by atoms with Gasteiger partial charge >= 0.3 is 0 Å². The van der Waals surface area contributed by atoms with E-state index in [4.69, 9.17) is 4.74 Å². The van der Waals surface area contributed by atoms with Crippen molar-refractivity contribution in [2.75, 3.05) is 13.2 Å². The van der Waals surface area contributed by atoms with E-state index in [1.54, 1.807) is 0 Å². The molecule has 0 saturated heterocycles. The third-order valence-corrected chi connectivity index (χ3v) is 4.54. The Balaban J connectivity index is 2.13. The molecule has 2 nitrogen and oxygen atoms in total. The zero-order valence-corrected chi connectivity index (χ0v) is 13.9. The van der Waals surface area contributed by atoms with Gasteiger partial charge in [0.2, 0.25) is 0 Å². The van der Waals surface area contributed by atoms with E-state index in [1.165, 1.54) is 37.7 Å². The molecule has 0 bridgehead atoms. The van der Waals surface area contributed by atoms with Crippen molar-refractivity contribution >= 4 is 0 Å². The highest BCUT2D eigenvalue weighted by atomic mass is 16.5. The first-order chi connectivity index (χ1) is 10.2. The number of rotatable bonds is 6. The summed E-state index contributed by atoms with van der Waals surface area (Å²) < 4.78 is 5.69. The molecule has 1 aliphatic rings. The molecule has 0 heterocycles. The third-order valence-electron chi connectivity index (χ3n) is 4.54. The molecule has 1 aromatic carbocycles. The zero-order valence-electron chi connectivity index (χ0n) is 13.9. The molecule has 21 heavy (non-hydrogen) atoms. The molecule has 2 unspecified atom stereocenters. The Bertz CT molecular complexity index is 416. The van der Waals surface area contributed by atoms with Crippen molar-refractivity contribution < 1.29 is 4.74 Å². The van der Waals surface area contributed by atoms with Crippen molar-refractivity contribution in [1.82, 2.24) is 5.32 Å². The van der Waals surface area contributed by atoms with E-state index < -0.39 is 0 Å². The standard InChI is InChI=1S/C19H31NO/c1-4-21-18-11-8-10-16(13-18)19-12-7-5-6-9-17(19)14-20-15(2)3/h8,10-11,13,15,17,19-20H,4-7,9,12,14H2,1-3H3. The molecule has 0 radical (unpaired) electrons. The predicted octanol–water partition coefficient (Wildman–Crippen LogP) is 4.75. The minimum atomic E-state index is 0.573. The van der Waals surface area contributed by atoms with Gasteiger partial charge in [-0.25, -0.2) is 0 Å². The predicted molar refractivity (Wildman–Crippen MR) is 90.1 cm³/mol. The normalized spacial score (nSPS) is 23.0. The monoisotopic (exact) mass is 289 g/mol. The van der Waals surface area contributed by atoms with Gasteiger partial charge in [0.15, 0.2) is 0 Å². The van der Waals surface area contributed by atoms with Gasteiger partial charge < -0.3 is 10.1 Å². The van der Waals surface area contributed by atoms with Crippen molar-refractivity contribution in [1.29, 1.82) is 0 Å². The van der Waals surface area contributed by atoms with Crippen LogP contribution in [-0.2, 0) is 0 Å². The summed E-state index contributed by atoms with van der Waals surface area (Å²) in [5.41, 5.74) is 1.47. The van der Waals surface area contributed by atoms with E-state index >= 15 is 0 Å². The quantitative estimate of drug-likeness (QED) is 0.763. The second-order valence-electron chi connectivity index (χ2n) is 6.57. The lowest BCUT2D eigenvalue weighted by atomic mass is 9.82. The molecule has 2 atom stereocenters. The molecule has 0 spiro atoms. The smallest absolute Gasteiger partial charge is 0.119 e. The fraction of sp³-hybridized carbons (Fsp3) is 0.684. The minimum absolute atomic E-state index is 0.573. The Morgan fingerprint density at radius 1 is 1.19 bits per heavy atom. The van der Waals surface area contributed by atoms with Gasteiger partial charge in [-0.2, -0.15) is 0 Å². The maximum absolute atomic E-state index is 5.69. The number of benzene rings is 1. The Morgan fingerprint density at radius 3 is 2.76 bits per heavy atom. The first-order valence-electron chi connectivity index (χ1n) is 8.66. The maximum Gasteiger partial charge on any atom is 0.119 e. The largest absolute Gasteiger partial charge is 0.494 e. The molecule has 0 aliphatic heterocycles. The fourth-order valence-corrected chi connectivity index (χ4v) is 3.46. The summed E-state index contributed by atoms with van der Waals surface area (Å²) in [5.74, 6) is 2.46. The Hall–Kier alpha value is -1.02. The first-order valence-corrected chi connectivity index (χ1v) is 8.66. The molecule has 2 rings (SSSR count). The molecule has 2 heteroatoms. The molecular formula is C19H31NO. The van der Waals surface area contributed by atoms with Gasteiger partial charge in [-0.1, -0.05) is 45.2 Å². The van der Waals surface area contributed by atoms with Gasteiger partial charge in [-0.15, -0.1) is 0 Å². The molecular weight excluding hydrogens is 258 g/mol. The van der Waals surface area contributed by atoms with Gasteiger partial charge in [0.05, 0.1) is 6.61 Å². The summed E-state index contributed by atoms with van der Waals surface area (Å²) in [6, 6.07) is 9.36. The molecule has 1 saturated carbocycles. The third kappa shape index (κ3) is 5.03. The van der Waals surface area contributed by atoms with Crippen molar-refractivity contribution in [2.24, 2.45) is 5.92 Å². The Labute approximate surface area is 130 Å². The van der Waals surface area contributed by atoms with Gasteiger partial charge in [0.1, 0.15) is 5.75 Å². The van der Waals surface area contributed by atoms with Crippen LogP contribution in [0.2, 0.25) is 0 Å². The molecule has 1 N–H and O–H groups in total. The summed E-state index contributed by atoms with van der Waals surface area (Å²) in [6.07, 6.45) is 6.80. The van der Waals surface area contributed by atoms with E-state index in [-0.39, 0.29) is 0 Å². The number of hydrogen-bond donors (Lipinski definition) is 1. The van der Waals surface area contributed by atoms with Crippen LogP contribution in [0.1, 0.15) is 64.4 Å². The average molecular weight is 289 g/mol. The maximum atomic E-state index is 5.69. The highest BCUT2D eigenvalue weighted by Gasteiger charge is 2.25. The van der Waals surface area contributed by atoms with Crippen LogP contribution in [0.25, 0.3) is 0 Å². The van der Waals surface area contributed by atoms with Crippen LogP contribution in [0, 0.1) is 5.92 Å². The summed E-state index contributed by atoms with van der Waals surface area (Å²) in [6.45, 7) is 8.41. The van der Waals surface area contributed by atoms with Gasteiger partial charge in [-0.05, 0) is 55.8 Å². The topological polar surface area (TPSA) is 21.3 Å². The van der Waals surface area contributed by atoms with E-state index in [2.05, 4.69) is 43.4 Å². The zero-order chi connectivity index (χ0) is 15.1. The summed E-state index contributed by atoms with van der Waals surface area (Å²) in [7, 11) is 0. The van der Waals surface area contributed by atoms with Crippen molar-refractivity contribution in [3.05, 3.63) is 29.8 Å². The van der Waals surface area contributed by atoms with Gasteiger partial charge in [-0.3, -0.25) is 0 Å². The second-order valence-corrected chi connectivity index (χ2v) is 6.57. The SMILES string of the molecule is CCOc1cccc(C2CCCCCC2CNC(C)C)c1. The summed E-state index contributed by atoms with van der Waals surface area (Å²) >= 11 is 0. The molecule has 1 aromatic rings. The number of nitrogens with one attached hydrogen (secondary N) is 1. The van der Waals surface area contributed by atoms with Crippen LogP contribution >= 0.6 is 0 Å². The second kappa shape index (κ2) is 8.43. The molecule has 0 amide bonds. The molecule has 118 valence electrons. The highest BCUT2D eigenvalue weighted by molar-refractivity contribution is 5.31. The van der Waals surface area contributed by atoms with Gasteiger partial charge in [0, 0.05) is 6.04 Å². The summed E-state index contributed by atoms with van der Waals surface area (Å²) in [5, 5.41) is 3.65. The fourth-order valence-electron chi connectivity index (χ4n) is 3.46. The van der Waals surface area contributed by atoms with E-state index in [9.17, 15) is 0 Å². The molecule has 0 aromatic heterocycles. The number of ether oxygens (including phenoxy) is 1. The Kier molecular flexibility index (Phi) is 6.56. The highest BCUT2D eigenvalue weighted by Crippen LogP contribution is 2.37. The lowest BCUT2D eigenvalue weighted by Gasteiger charge is -2.27. The molecule has 1 aliphatic carbocycles. The van der Waals surface area contributed by atoms with Crippen LogP contribution < -0.4 is 10.1 Å². The van der Waals surface area contributed by atoms with Crippen LogP contribution in [-0.4, -0.2) is 19.2 Å². The lowest BCUT2D eigenvalue weighted by Crippen LogP contribution is -2.31.